The fraction of sp³-hybridized carbons (Fsp3) is 0.273. The minimum Gasteiger partial charge on any atom is -0.480 e. The average molecular weight is 363 g/mol. The van der Waals surface area contributed by atoms with Gasteiger partial charge < -0.3 is 10.4 Å². The molecule has 6 heteroatoms. The van der Waals surface area contributed by atoms with E-state index in [2.05, 4.69) is 37.2 Å². The molecule has 1 aromatic carbocycles. The van der Waals surface area contributed by atoms with E-state index >= 15 is 0 Å². The summed E-state index contributed by atoms with van der Waals surface area (Å²) in [7, 11) is 0. The van der Waals surface area contributed by atoms with Gasteiger partial charge in [0.1, 0.15) is 5.54 Å². The van der Waals surface area contributed by atoms with Crippen LogP contribution in [0.25, 0.3) is 0 Å². The highest BCUT2D eigenvalue weighted by atomic mass is 79.9. The summed E-state index contributed by atoms with van der Waals surface area (Å²) >= 11 is 6.56. The molecule has 1 aliphatic carbocycles. The summed E-state index contributed by atoms with van der Waals surface area (Å²) in [5, 5.41) is 11.5. The van der Waals surface area contributed by atoms with Gasteiger partial charge in [-0.05, 0) is 47.0 Å². The molecule has 2 rings (SSSR count). The largest absolute Gasteiger partial charge is 0.480 e. The first kappa shape index (κ1) is 12.6. The van der Waals surface area contributed by atoms with Crippen molar-refractivity contribution in [2.75, 3.05) is 0 Å². The Hall–Kier alpha value is -0.880. The minimum absolute atomic E-state index is 0.371. The summed E-state index contributed by atoms with van der Waals surface area (Å²) in [5.41, 5.74) is -0.621. The summed E-state index contributed by atoms with van der Waals surface area (Å²) in [4.78, 5) is 22.9. The monoisotopic (exact) mass is 361 g/mol. The maximum absolute atomic E-state index is 11.9. The molecule has 0 atom stereocenters. The van der Waals surface area contributed by atoms with E-state index in [9.17, 15) is 9.59 Å². The number of nitrogens with one attached hydrogen (secondary N) is 1. The summed E-state index contributed by atoms with van der Waals surface area (Å²) < 4.78 is 1.48. The van der Waals surface area contributed by atoms with Crippen molar-refractivity contribution >= 4 is 43.7 Å². The lowest BCUT2D eigenvalue weighted by atomic mass is 10.2. The fourth-order valence-electron chi connectivity index (χ4n) is 1.48. The molecule has 0 radical (unpaired) electrons. The molecular weight excluding hydrogens is 354 g/mol. The number of carbonyl (C=O) groups is 2. The normalized spacial score (nSPS) is 16.4. The quantitative estimate of drug-likeness (QED) is 0.868. The molecular formula is C11H9Br2NO3. The number of carboxylic acids is 1. The van der Waals surface area contributed by atoms with Gasteiger partial charge in [-0.3, -0.25) is 4.79 Å². The molecule has 1 amide bonds. The van der Waals surface area contributed by atoms with E-state index in [-0.39, 0.29) is 5.91 Å². The third-order valence-electron chi connectivity index (χ3n) is 2.69. The summed E-state index contributed by atoms with van der Waals surface area (Å²) in [5.74, 6) is -1.34. The van der Waals surface area contributed by atoms with Crippen LogP contribution in [0.5, 0.6) is 0 Å². The third kappa shape index (κ3) is 2.52. The topological polar surface area (TPSA) is 66.4 Å². The van der Waals surface area contributed by atoms with Crippen LogP contribution in [0.3, 0.4) is 0 Å². The molecule has 2 N–H and O–H groups in total. The standard InChI is InChI=1S/C11H9Br2NO3/c12-6-1-2-7(8(13)5-6)9(15)14-11(3-4-11)10(16)17/h1-2,5H,3-4H2,(H,14,15)(H,16,17). The van der Waals surface area contributed by atoms with Gasteiger partial charge in [0.05, 0.1) is 5.56 Å². The van der Waals surface area contributed by atoms with Crippen molar-refractivity contribution in [1.82, 2.24) is 5.32 Å². The SMILES string of the molecule is O=C(NC1(C(=O)O)CC1)c1ccc(Br)cc1Br. The number of carbonyl (C=O) groups excluding carboxylic acids is 1. The number of benzene rings is 1. The molecule has 0 saturated heterocycles. The van der Waals surface area contributed by atoms with Gasteiger partial charge >= 0.3 is 5.97 Å². The predicted octanol–water partition coefficient (Wildman–Crippen LogP) is 2.56. The van der Waals surface area contributed by atoms with Crippen molar-refractivity contribution in [2.24, 2.45) is 0 Å². The van der Waals surface area contributed by atoms with Gasteiger partial charge in [0.2, 0.25) is 0 Å². The smallest absolute Gasteiger partial charge is 0.329 e. The van der Waals surface area contributed by atoms with Crippen LogP contribution in [0.2, 0.25) is 0 Å². The van der Waals surface area contributed by atoms with Crippen LogP contribution in [0, 0.1) is 0 Å². The van der Waals surface area contributed by atoms with Gasteiger partial charge in [0.25, 0.3) is 5.91 Å². The number of hydrogen-bond acceptors (Lipinski definition) is 2. The van der Waals surface area contributed by atoms with Crippen LogP contribution in [-0.2, 0) is 4.79 Å². The maximum atomic E-state index is 11.9. The van der Waals surface area contributed by atoms with Gasteiger partial charge in [-0.2, -0.15) is 0 Å². The Morgan fingerprint density at radius 1 is 1.29 bits per heavy atom. The van der Waals surface area contributed by atoms with Crippen molar-refractivity contribution in [1.29, 1.82) is 0 Å². The van der Waals surface area contributed by atoms with Crippen LogP contribution in [0.4, 0.5) is 0 Å². The highest BCUT2D eigenvalue weighted by Gasteiger charge is 2.51. The number of rotatable bonds is 3. The van der Waals surface area contributed by atoms with Crippen LogP contribution >= 0.6 is 31.9 Å². The first-order chi connectivity index (χ1) is 7.94. The van der Waals surface area contributed by atoms with Crippen molar-refractivity contribution in [3.05, 3.63) is 32.7 Å². The van der Waals surface area contributed by atoms with Gasteiger partial charge in [0.15, 0.2) is 0 Å². The molecule has 0 heterocycles. The van der Waals surface area contributed by atoms with E-state index in [1.165, 1.54) is 0 Å². The van der Waals surface area contributed by atoms with E-state index in [1.54, 1.807) is 18.2 Å². The molecule has 0 spiro atoms. The Morgan fingerprint density at radius 3 is 2.41 bits per heavy atom. The van der Waals surface area contributed by atoms with Crippen LogP contribution < -0.4 is 5.32 Å². The van der Waals surface area contributed by atoms with Crippen molar-refractivity contribution in [3.8, 4) is 0 Å². The zero-order chi connectivity index (χ0) is 12.6. The zero-order valence-corrected chi connectivity index (χ0v) is 11.8. The Morgan fingerprint density at radius 2 is 1.94 bits per heavy atom. The molecule has 0 bridgehead atoms. The van der Waals surface area contributed by atoms with Gasteiger partial charge in [-0.1, -0.05) is 15.9 Å². The van der Waals surface area contributed by atoms with Gasteiger partial charge in [-0.15, -0.1) is 0 Å². The molecule has 1 saturated carbocycles. The summed E-state index contributed by atoms with van der Waals surface area (Å²) in [6.07, 6.45) is 0.977. The molecule has 0 unspecified atom stereocenters. The number of aliphatic carboxylic acids is 1. The summed E-state index contributed by atoms with van der Waals surface area (Å²) in [6, 6.07) is 5.12. The van der Waals surface area contributed by atoms with E-state index < -0.39 is 11.5 Å². The molecule has 1 fully saturated rings. The number of hydrogen-bond donors (Lipinski definition) is 2. The van der Waals surface area contributed by atoms with Crippen molar-refractivity contribution < 1.29 is 14.7 Å². The molecule has 90 valence electrons. The second kappa shape index (κ2) is 4.42. The Balaban J connectivity index is 2.18. The second-order valence-electron chi connectivity index (χ2n) is 3.97. The fourth-order valence-corrected chi connectivity index (χ4v) is 2.70. The Bertz CT molecular complexity index is 497. The molecule has 0 aromatic heterocycles. The highest BCUT2D eigenvalue weighted by Crippen LogP contribution is 2.36. The lowest BCUT2D eigenvalue weighted by Gasteiger charge is -2.13. The lowest BCUT2D eigenvalue weighted by Crippen LogP contribution is -2.43. The van der Waals surface area contributed by atoms with E-state index in [1.807, 2.05) is 0 Å². The molecule has 4 nitrogen and oxygen atoms in total. The highest BCUT2D eigenvalue weighted by molar-refractivity contribution is 9.11. The van der Waals surface area contributed by atoms with Crippen LogP contribution in [-0.4, -0.2) is 22.5 Å². The molecule has 1 aromatic rings. The van der Waals surface area contributed by atoms with Gasteiger partial charge in [0, 0.05) is 8.95 Å². The molecule has 17 heavy (non-hydrogen) atoms. The van der Waals surface area contributed by atoms with Crippen LogP contribution in [0.15, 0.2) is 27.1 Å². The van der Waals surface area contributed by atoms with Crippen molar-refractivity contribution in [2.45, 2.75) is 18.4 Å². The average Bonchev–Trinajstić information content (AvgIpc) is 2.98. The number of amides is 1. The third-order valence-corrected chi connectivity index (χ3v) is 3.84. The van der Waals surface area contributed by atoms with E-state index in [0.29, 0.717) is 22.9 Å². The molecule has 1 aliphatic rings. The molecule has 0 aliphatic heterocycles. The summed E-state index contributed by atoms with van der Waals surface area (Å²) in [6.45, 7) is 0. The van der Waals surface area contributed by atoms with E-state index in [0.717, 1.165) is 4.47 Å². The number of carboxylic acid groups (broad SMARTS) is 1. The zero-order valence-electron chi connectivity index (χ0n) is 8.67. The maximum Gasteiger partial charge on any atom is 0.329 e. The predicted molar refractivity (Wildman–Crippen MR) is 68.9 cm³/mol. The number of halogens is 2. The lowest BCUT2D eigenvalue weighted by molar-refractivity contribution is -0.140. The van der Waals surface area contributed by atoms with Crippen molar-refractivity contribution in [3.63, 3.8) is 0 Å². The minimum atomic E-state index is -1.05. The first-order valence-corrected chi connectivity index (χ1v) is 6.54. The Kier molecular flexibility index (Phi) is 3.27. The van der Waals surface area contributed by atoms with E-state index in [4.69, 9.17) is 5.11 Å². The van der Waals surface area contributed by atoms with Crippen LogP contribution in [0.1, 0.15) is 23.2 Å². The van der Waals surface area contributed by atoms with Gasteiger partial charge in [-0.25, -0.2) is 4.79 Å². The first-order valence-electron chi connectivity index (χ1n) is 4.95. The Labute approximate surface area is 115 Å². The second-order valence-corrected chi connectivity index (χ2v) is 5.74.